The predicted molar refractivity (Wildman–Crippen MR) is 92.4 cm³/mol. The van der Waals surface area contributed by atoms with Gasteiger partial charge in [0.1, 0.15) is 0 Å². The molecule has 0 saturated carbocycles. The summed E-state index contributed by atoms with van der Waals surface area (Å²) >= 11 is 0. The molecule has 21 heavy (non-hydrogen) atoms. The quantitative estimate of drug-likeness (QED) is 0.779. The molecule has 0 spiro atoms. The lowest BCUT2D eigenvalue weighted by atomic mass is 9.84. The zero-order chi connectivity index (χ0) is 15.2. The van der Waals surface area contributed by atoms with Gasteiger partial charge in [0.05, 0.1) is 0 Å². The van der Waals surface area contributed by atoms with Gasteiger partial charge in [-0.2, -0.15) is 0 Å². The van der Waals surface area contributed by atoms with Gasteiger partial charge in [-0.25, -0.2) is 0 Å². The maximum atomic E-state index is 11.9. The number of amides is 1. The topological polar surface area (TPSA) is 58.2 Å². The highest BCUT2D eigenvalue weighted by Crippen LogP contribution is 2.24. The summed E-state index contributed by atoms with van der Waals surface area (Å²) in [6, 6.07) is 0. The van der Waals surface area contributed by atoms with Crippen molar-refractivity contribution in [1.29, 1.82) is 0 Å². The van der Waals surface area contributed by atoms with E-state index in [1.807, 2.05) is 20.8 Å². The molecule has 1 rings (SSSR count). The molecular formula is C15H31ClN2O2S. The summed E-state index contributed by atoms with van der Waals surface area (Å²) in [6.07, 6.45) is 2.93. The minimum Gasteiger partial charge on any atom is -0.355 e. The molecule has 1 saturated heterocycles. The van der Waals surface area contributed by atoms with E-state index in [9.17, 15) is 9.00 Å². The van der Waals surface area contributed by atoms with E-state index in [0.717, 1.165) is 13.1 Å². The highest BCUT2D eigenvalue weighted by atomic mass is 35.5. The zero-order valence-electron chi connectivity index (χ0n) is 13.7. The highest BCUT2D eigenvalue weighted by molar-refractivity contribution is 7.86. The second-order valence-electron chi connectivity index (χ2n) is 6.78. The molecule has 0 aliphatic carbocycles. The van der Waals surface area contributed by atoms with E-state index in [-0.39, 0.29) is 23.1 Å². The minimum atomic E-state index is -0.894. The van der Waals surface area contributed by atoms with Crippen molar-refractivity contribution in [1.82, 2.24) is 10.6 Å². The first kappa shape index (κ1) is 20.9. The summed E-state index contributed by atoms with van der Waals surface area (Å²) < 4.78 is 11.7. The Morgan fingerprint density at radius 2 is 1.90 bits per heavy atom. The fourth-order valence-corrected chi connectivity index (χ4v) is 3.43. The molecule has 1 amide bonds. The van der Waals surface area contributed by atoms with E-state index in [0.29, 0.717) is 30.6 Å². The van der Waals surface area contributed by atoms with Crippen molar-refractivity contribution in [3.05, 3.63) is 0 Å². The Balaban J connectivity index is 0.00000400. The Morgan fingerprint density at radius 3 is 2.43 bits per heavy atom. The molecule has 4 nitrogen and oxygen atoms in total. The number of halogens is 1. The Morgan fingerprint density at radius 1 is 1.33 bits per heavy atom. The van der Waals surface area contributed by atoms with Gasteiger partial charge >= 0.3 is 0 Å². The standard InChI is InChI=1S/C15H30N2O2S.ClH/c1-12(13-5-7-16-8-6-13)11-14(18)17-9-10-20(19)15(2,3)4;/h12-13,16H,5-11H2,1-4H3,(H,17,18);1H. The van der Waals surface area contributed by atoms with Crippen LogP contribution in [-0.4, -0.2) is 40.3 Å². The van der Waals surface area contributed by atoms with Crippen LogP contribution in [0.4, 0.5) is 0 Å². The average molecular weight is 339 g/mol. The van der Waals surface area contributed by atoms with E-state index in [4.69, 9.17) is 0 Å². The Kier molecular flexibility index (Phi) is 9.74. The lowest BCUT2D eigenvalue weighted by molar-refractivity contribution is -0.122. The number of carbonyl (C=O) groups excluding carboxylic acids is 1. The maximum Gasteiger partial charge on any atom is 0.220 e. The van der Waals surface area contributed by atoms with Crippen LogP contribution >= 0.6 is 12.4 Å². The monoisotopic (exact) mass is 338 g/mol. The number of piperidine rings is 1. The van der Waals surface area contributed by atoms with Crippen LogP contribution in [0.25, 0.3) is 0 Å². The van der Waals surface area contributed by atoms with E-state index in [1.165, 1.54) is 12.8 Å². The second-order valence-corrected chi connectivity index (χ2v) is 9.10. The molecule has 1 heterocycles. The van der Waals surface area contributed by atoms with Crippen molar-refractivity contribution >= 4 is 29.1 Å². The molecule has 6 heteroatoms. The van der Waals surface area contributed by atoms with Gasteiger partial charge in [0.2, 0.25) is 5.91 Å². The van der Waals surface area contributed by atoms with Crippen LogP contribution in [0.1, 0.15) is 47.0 Å². The first-order valence-corrected chi connectivity index (χ1v) is 8.98. The van der Waals surface area contributed by atoms with Crippen LogP contribution in [0.2, 0.25) is 0 Å². The highest BCUT2D eigenvalue weighted by Gasteiger charge is 2.22. The van der Waals surface area contributed by atoms with E-state index in [2.05, 4.69) is 17.6 Å². The van der Waals surface area contributed by atoms with Crippen molar-refractivity contribution < 1.29 is 9.00 Å². The number of rotatable bonds is 6. The van der Waals surface area contributed by atoms with Gasteiger partial charge in [-0.15, -0.1) is 12.4 Å². The summed E-state index contributed by atoms with van der Waals surface area (Å²) in [5.41, 5.74) is 0. The lowest BCUT2D eigenvalue weighted by Crippen LogP contribution is -2.35. The van der Waals surface area contributed by atoms with Crippen molar-refractivity contribution in [3.63, 3.8) is 0 Å². The normalized spacial score (nSPS) is 19.4. The number of hydrogen-bond donors (Lipinski definition) is 2. The van der Waals surface area contributed by atoms with E-state index in [1.54, 1.807) is 0 Å². The third-order valence-electron chi connectivity index (χ3n) is 3.99. The van der Waals surface area contributed by atoms with Gasteiger partial charge in [-0.1, -0.05) is 6.92 Å². The second kappa shape index (κ2) is 9.80. The van der Waals surface area contributed by atoms with Gasteiger partial charge in [0, 0.05) is 34.3 Å². The van der Waals surface area contributed by atoms with Crippen LogP contribution in [0.15, 0.2) is 0 Å². The molecule has 1 aliphatic rings. The van der Waals surface area contributed by atoms with E-state index >= 15 is 0 Å². The molecule has 2 unspecified atom stereocenters. The molecule has 2 atom stereocenters. The van der Waals surface area contributed by atoms with Crippen molar-refractivity contribution in [2.75, 3.05) is 25.4 Å². The summed E-state index contributed by atoms with van der Waals surface area (Å²) in [4.78, 5) is 11.9. The summed E-state index contributed by atoms with van der Waals surface area (Å²) in [5, 5.41) is 6.26. The third-order valence-corrected chi connectivity index (χ3v) is 5.93. The first-order chi connectivity index (χ1) is 9.30. The van der Waals surface area contributed by atoms with Crippen LogP contribution in [0, 0.1) is 11.8 Å². The van der Waals surface area contributed by atoms with Gasteiger partial charge in [0.25, 0.3) is 0 Å². The van der Waals surface area contributed by atoms with Crippen LogP contribution in [0.3, 0.4) is 0 Å². The molecule has 2 N–H and O–H groups in total. The maximum absolute atomic E-state index is 11.9. The molecular weight excluding hydrogens is 308 g/mol. The predicted octanol–water partition coefficient (Wildman–Crippen LogP) is 2.10. The van der Waals surface area contributed by atoms with Crippen molar-refractivity contribution in [2.24, 2.45) is 11.8 Å². The summed E-state index contributed by atoms with van der Waals surface area (Å²) in [6.45, 7) is 10.7. The molecule has 0 aromatic rings. The Bertz CT molecular complexity index is 339. The van der Waals surface area contributed by atoms with E-state index < -0.39 is 10.8 Å². The summed E-state index contributed by atoms with van der Waals surface area (Å²) in [5.74, 6) is 1.73. The Labute approximate surface area is 138 Å². The SMILES string of the molecule is CC(CC(=O)NCCS(=O)C(C)(C)C)C1CCNCC1.Cl. The molecule has 1 aliphatic heterocycles. The smallest absolute Gasteiger partial charge is 0.220 e. The Hall–Kier alpha value is -0.130. The van der Waals surface area contributed by atoms with Crippen LogP contribution < -0.4 is 10.6 Å². The van der Waals surface area contributed by atoms with Crippen LogP contribution in [-0.2, 0) is 15.6 Å². The molecule has 1 fully saturated rings. The van der Waals surface area contributed by atoms with Crippen molar-refractivity contribution in [2.45, 2.75) is 51.7 Å². The van der Waals surface area contributed by atoms with Gasteiger partial charge in [-0.05, 0) is 58.5 Å². The zero-order valence-corrected chi connectivity index (χ0v) is 15.4. The number of carbonyl (C=O) groups is 1. The molecule has 126 valence electrons. The van der Waals surface area contributed by atoms with Gasteiger partial charge < -0.3 is 10.6 Å². The minimum absolute atomic E-state index is 0. The first-order valence-electron chi connectivity index (χ1n) is 7.66. The van der Waals surface area contributed by atoms with Gasteiger partial charge in [-0.3, -0.25) is 9.00 Å². The number of hydrogen-bond acceptors (Lipinski definition) is 3. The lowest BCUT2D eigenvalue weighted by Gasteiger charge is -2.27. The summed E-state index contributed by atoms with van der Waals surface area (Å²) in [7, 11) is -0.894. The van der Waals surface area contributed by atoms with Gasteiger partial charge in [0.15, 0.2) is 0 Å². The fraction of sp³-hybridized carbons (Fsp3) is 0.933. The van der Waals surface area contributed by atoms with Crippen LogP contribution in [0.5, 0.6) is 0 Å². The molecule has 0 aromatic heterocycles. The molecule has 0 bridgehead atoms. The van der Waals surface area contributed by atoms with Crippen molar-refractivity contribution in [3.8, 4) is 0 Å². The average Bonchev–Trinajstić information content (AvgIpc) is 2.38. The fourth-order valence-electron chi connectivity index (χ4n) is 2.53. The number of nitrogens with one attached hydrogen (secondary N) is 2. The third kappa shape index (κ3) is 8.17. The largest absolute Gasteiger partial charge is 0.355 e. The molecule has 0 radical (unpaired) electrons. The molecule has 0 aromatic carbocycles.